The van der Waals surface area contributed by atoms with Crippen LogP contribution in [0.2, 0.25) is 0 Å². The van der Waals surface area contributed by atoms with Crippen LogP contribution in [0.1, 0.15) is 60.3 Å². The van der Waals surface area contributed by atoms with Gasteiger partial charge in [-0.3, -0.25) is 14.4 Å². The van der Waals surface area contributed by atoms with E-state index in [0.717, 1.165) is 19.3 Å². The third-order valence-electron chi connectivity index (χ3n) is 8.28. The first-order valence-corrected chi connectivity index (χ1v) is 13.7. The largest absolute Gasteiger partial charge is 0.394 e. The highest BCUT2D eigenvalue weighted by Crippen LogP contribution is 2.58. The van der Waals surface area contributed by atoms with Gasteiger partial charge in [0.2, 0.25) is 17.7 Å². The van der Waals surface area contributed by atoms with Gasteiger partial charge in [-0.2, -0.15) is 0 Å². The second-order valence-electron chi connectivity index (χ2n) is 11.4. The van der Waals surface area contributed by atoms with Crippen LogP contribution >= 0.6 is 0 Å². The van der Waals surface area contributed by atoms with Crippen molar-refractivity contribution in [1.29, 1.82) is 0 Å². The number of amides is 3. The van der Waals surface area contributed by atoms with Crippen LogP contribution in [-0.4, -0.2) is 93.6 Å². The number of carbonyl (C=O) groups excluding carboxylic acids is 3. The summed E-state index contributed by atoms with van der Waals surface area (Å²) in [6.07, 6.45) is 10.9. The Balaban J connectivity index is 1.86. The zero-order chi connectivity index (χ0) is 26.3. The average molecular weight is 502 g/mol. The minimum atomic E-state index is -1.26. The number of hydrogen-bond donors (Lipinski definition) is 1. The van der Waals surface area contributed by atoms with Gasteiger partial charge in [-0.25, -0.2) is 0 Å². The Kier molecular flexibility index (Phi) is 7.68. The Morgan fingerprint density at radius 1 is 0.972 bits per heavy atom. The fourth-order valence-corrected chi connectivity index (χ4v) is 6.79. The van der Waals surface area contributed by atoms with E-state index in [1.165, 1.54) is 0 Å². The van der Waals surface area contributed by atoms with E-state index in [4.69, 9.17) is 4.74 Å². The van der Waals surface area contributed by atoms with E-state index in [9.17, 15) is 19.5 Å². The summed E-state index contributed by atoms with van der Waals surface area (Å²) in [6.45, 7) is 11.9. The van der Waals surface area contributed by atoms with Crippen LogP contribution in [-0.2, 0) is 19.1 Å². The first-order chi connectivity index (χ1) is 17.1. The smallest absolute Gasteiger partial charge is 0.249 e. The molecule has 0 aromatic carbocycles. The normalized spacial score (nSPS) is 34.7. The van der Waals surface area contributed by atoms with Crippen LogP contribution < -0.4 is 0 Å². The summed E-state index contributed by atoms with van der Waals surface area (Å²) < 4.78 is 6.84. The van der Waals surface area contributed by atoms with Gasteiger partial charge < -0.3 is 24.5 Å². The standard InChI is InChI=1S/C28H43N3O5/c1-6-8-14-30-16-10-12-28-22(21-24(33)29(13-7-2)15-9-11-27(21,5)36-28)25(34)31(23(28)26(30)35)20(18-32)17-19(3)4/h9-12,19-23,32H,6-8,13-18H2,1-5H3/t20-,21+,22+,23?,27-,28+/m1/s1. The number of aliphatic hydroxyl groups excluding tert-OH is 1. The number of hydrogen-bond acceptors (Lipinski definition) is 5. The first-order valence-electron chi connectivity index (χ1n) is 13.7. The van der Waals surface area contributed by atoms with Gasteiger partial charge in [-0.15, -0.1) is 0 Å². The lowest BCUT2D eigenvalue weighted by Gasteiger charge is -2.40. The van der Waals surface area contributed by atoms with Crippen molar-refractivity contribution in [1.82, 2.24) is 14.7 Å². The van der Waals surface area contributed by atoms with E-state index < -0.39 is 35.1 Å². The lowest BCUT2D eigenvalue weighted by molar-refractivity contribution is -0.156. The van der Waals surface area contributed by atoms with E-state index in [1.807, 2.05) is 52.0 Å². The molecule has 8 heteroatoms. The van der Waals surface area contributed by atoms with E-state index in [2.05, 4.69) is 6.92 Å². The zero-order valence-electron chi connectivity index (χ0n) is 22.5. The van der Waals surface area contributed by atoms with E-state index >= 15 is 0 Å². The number of unbranched alkanes of at least 4 members (excludes halogenated alkanes) is 1. The van der Waals surface area contributed by atoms with Gasteiger partial charge in [0, 0.05) is 26.2 Å². The number of rotatable bonds is 9. The highest BCUT2D eigenvalue weighted by atomic mass is 16.5. The molecule has 2 fully saturated rings. The molecule has 1 spiro atoms. The van der Waals surface area contributed by atoms with Crippen LogP contribution in [0.4, 0.5) is 0 Å². The summed E-state index contributed by atoms with van der Waals surface area (Å²) in [5.74, 6) is -1.86. The van der Waals surface area contributed by atoms with Crippen LogP contribution in [0, 0.1) is 17.8 Å². The topological polar surface area (TPSA) is 90.4 Å². The van der Waals surface area contributed by atoms with Gasteiger partial charge in [0.15, 0.2) is 0 Å². The Morgan fingerprint density at radius 3 is 2.25 bits per heavy atom. The highest BCUT2D eigenvalue weighted by molar-refractivity contribution is 6.00. The van der Waals surface area contributed by atoms with Gasteiger partial charge >= 0.3 is 0 Å². The van der Waals surface area contributed by atoms with Crippen molar-refractivity contribution in [3.8, 4) is 0 Å². The predicted octanol–water partition coefficient (Wildman–Crippen LogP) is 2.37. The minimum absolute atomic E-state index is 0.0995. The van der Waals surface area contributed by atoms with Gasteiger partial charge in [-0.05, 0) is 32.1 Å². The molecule has 4 rings (SSSR count). The zero-order valence-corrected chi connectivity index (χ0v) is 22.5. The minimum Gasteiger partial charge on any atom is -0.394 e. The Hall–Kier alpha value is -2.19. The maximum Gasteiger partial charge on any atom is 0.249 e. The second-order valence-corrected chi connectivity index (χ2v) is 11.4. The molecule has 4 aliphatic heterocycles. The average Bonchev–Trinajstić information content (AvgIpc) is 3.11. The lowest BCUT2D eigenvalue weighted by atomic mass is 9.74. The Morgan fingerprint density at radius 2 is 1.64 bits per heavy atom. The number of likely N-dealkylation sites (tertiary alicyclic amines) is 1. The summed E-state index contributed by atoms with van der Waals surface area (Å²) >= 11 is 0. The van der Waals surface area contributed by atoms with E-state index in [0.29, 0.717) is 32.6 Å². The van der Waals surface area contributed by atoms with Crippen molar-refractivity contribution >= 4 is 17.7 Å². The molecule has 1 unspecified atom stereocenters. The number of fused-ring (bicyclic) bond motifs is 2. The van der Waals surface area contributed by atoms with Crippen LogP contribution in [0.5, 0.6) is 0 Å². The molecule has 4 aliphatic rings. The van der Waals surface area contributed by atoms with Crippen molar-refractivity contribution in [2.24, 2.45) is 17.8 Å². The van der Waals surface area contributed by atoms with Crippen molar-refractivity contribution in [3.05, 3.63) is 24.3 Å². The molecule has 4 heterocycles. The van der Waals surface area contributed by atoms with E-state index in [-0.39, 0.29) is 30.2 Å². The molecule has 0 aromatic heterocycles. The lowest BCUT2D eigenvalue weighted by Crippen LogP contribution is -2.59. The quantitative estimate of drug-likeness (QED) is 0.490. The molecule has 0 radical (unpaired) electrons. The molecular formula is C28H43N3O5. The molecule has 0 aromatic rings. The van der Waals surface area contributed by atoms with Gasteiger partial charge in [0.25, 0.3) is 0 Å². The number of nitrogens with zero attached hydrogens (tertiary/aromatic N) is 3. The van der Waals surface area contributed by atoms with Crippen molar-refractivity contribution < 1.29 is 24.2 Å². The van der Waals surface area contributed by atoms with Crippen molar-refractivity contribution in [2.75, 3.05) is 32.8 Å². The molecular weight excluding hydrogens is 458 g/mol. The summed E-state index contributed by atoms with van der Waals surface area (Å²) in [4.78, 5) is 47.7. The summed E-state index contributed by atoms with van der Waals surface area (Å²) in [5, 5.41) is 10.4. The third kappa shape index (κ3) is 4.20. The van der Waals surface area contributed by atoms with Crippen LogP contribution in [0.25, 0.3) is 0 Å². The van der Waals surface area contributed by atoms with Crippen molar-refractivity contribution in [3.63, 3.8) is 0 Å². The SMILES string of the molecule is CCCCN1CC=C[C@]23O[C@]4(C)C=CCN(CCC)C(=O)[C@@H]4[C@H]2C(=O)N([C@@H](CO)CC(C)C)C3C1=O. The fraction of sp³-hybridized carbons (Fsp3) is 0.750. The molecule has 3 amide bonds. The first kappa shape index (κ1) is 26.9. The number of ether oxygens (including phenoxy) is 1. The highest BCUT2D eigenvalue weighted by Gasteiger charge is 2.75. The van der Waals surface area contributed by atoms with Crippen LogP contribution in [0.15, 0.2) is 24.3 Å². The maximum atomic E-state index is 14.4. The Bertz CT molecular complexity index is 932. The molecule has 0 saturated carbocycles. The third-order valence-corrected chi connectivity index (χ3v) is 8.28. The molecule has 36 heavy (non-hydrogen) atoms. The van der Waals surface area contributed by atoms with Crippen molar-refractivity contribution in [2.45, 2.75) is 83.6 Å². The monoisotopic (exact) mass is 501 g/mol. The molecule has 8 nitrogen and oxygen atoms in total. The maximum absolute atomic E-state index is 14.4. The summed E-state index contributed by atoms with van der Waals surface area (Å²) in [6, 6.07) is -1.43. The molecule has 0 aliphatic carbocycles. The molecule has 6 atom stereocenters. The number of carbonyl (C=O) groups is 3. The molecule has 0 bridgehead atoms. The van der Waals surface area contributed by atoms with Gasteiger partial charge in [-0.1, -0.05) is 58.4 Å². The number of aliphatic hydroxyl groups is 1. The molecule has 2 saturated heterocycles. The summed E-state index contributed by atoms with van der Waals surface area (Å²) in [5.41, 5.74) is -2.26. The Labute approximate surface area is 215 Å². The van der Waals surface area contributed by atoms with E-state index in [1.54, 1.807) is 14.7 Å². The van der Waals surface area contributed by atoms with Gasteiger partial charge in [0.05, 0.1) is 30.1 Å². The molecule has 200 valence electrons. The van der Waals surface area contributed by atoms with Crippen LogP contribution in [0.3, 0.4) is 0 Å². The summed E-state index contributed by atoms with van der Waals surface area (Å²) in [7, 11) is 0. The van der Waals surface area contributed by atoms with Gasteiger partial charge in [0.1, 0.15) is 11.6 Å². The predicted molar refractivity (Wildman–Crippen MR) is 137 cm³/mol. The molecule has 1 N–H and O–H groups in total. The second kappa shape index (κ2) is 10.3. The fourth-order valence-electron chi connectivity index (χ4n) is 6.79.